The van der Waals surface area contributed by atoms with Gasteiger partial charge in [0, 0.05) is 6.07 Å². The van der Waals surface area contributed by atoms with Gasteiger partial charge in [0.1, 0.15) is 0 Å². The molecule has 8 heteroatoms. The van der Waals surface area contributed by atoms with Crippen LogP contribution in [0.3, 0.4) is 0 Å². The van der Waals surface area contributed by atoms with Crippen LogP contribution < -0.4 is 20.3 Å². The third-order valence-electron chi connectivity index (χ3n) is 5.43. The highest BCUT2D eigenvalue weighted by Gasteiger charge is 2.42. The fourth-order valence-corrected chi connectivity index (χ4v) is 6.04. The predicted molar refractivity (Wildman–Crippen MR) is 148 cm³/mol. The quantitative estimate of drug-likeness (QED) is 0.109. The van der Waals surface area contributed by atoms with Gasteiger partial charge in [0.2, 0.25) is 0 Å². The lowest BCUT2D eigenvalue weighted by molar-refractivity contribution is -0.383. The maximum atomic E-state index is 11.8. The molecule has 4 aromatic rings. The summed E-state index contributed by atoms with van der Waals surface area (Å²) in [6, 6.07) is 30.8. The van der Waals surface area contributed by atoms with E-state index in [1.54, 1.807) is 18.2 Å². The first-order valence-corrected chi connectivity index (χ1v) is 13.1. The summed E-state index contributed by atoms with van der Waals surface area (Å²) < 4.78 is 0. The Kier molecular flexibility index (Phi) is 7.18. The molecule has 0 bridgehead atoms. The van der Waals surface area contributed by atoms with E-state index in [1.165, 1.54) is 6.07 Å². The molecule has 0 unspecified atom stereocenters. The van der Waals surface area contributed by atoms with Gasteiger partial charge in [-0.05, 0) is 63.2 Å². The normalized spacial score (nSPS) is 10.9. The van der Waals surface area contributed by atoms with Crippen molar-refractivity contribution in [1.82, 2.24) is 0 Å². The largest absolute Gasteiger partial charge is 0.395 e. The molecule has 0 aromatic heterocycles. The van der Waals surface area contributed by atoms with Gasteiger partial charge in [0.05, 0.1) is 22.0 Å². The number of hydrogen-bond donors (Lipinski definition) is 4. The summed E-state index contributed by atoms with van der Waals surface area (Å²) in [7, 11) is -2.80. The zero-order chi connectivity index (χ0) is 24.8. The Morgan fingerprint density at radius 3 is 1.31 bits per heavy atom. The molecular formula is C27H29N5O2P+. The van der Waals surface area contributed by atoms with Crippen LogP contribution in [0.1, 0.15) is 16.7 Å². The number of hydrogen-bond acceptors (Lipinski definition) is 6. The van der Waals surface area contributed by atoms with E-state index in [0.29, 0.717) is 5.69 Å². The smallest absolute Gasteiger partial charge is 0.258 e. The highest BCUT2D eigenvalue weighted by Crippen LogP contribution is 2.57. The minimum atomic E-state index is -2.80. The standard InChI is InChI=1S/C27H29N5O2P/c1-20-8-14-23(15-9-20)28-35(29-24-16-10-21(2)11-17-24,30-25-18-12-22(3)13-19-25)31-26-6-4-5-7-27(26)32(33)34/h4-19,28-31H,1-3H3/q+1. The van der Waals surface area contributed by atoms with Gasteiger partial charge in [0.15, 0.2) is 5.69 Å². The van der Waals surface area contributed by atoms with Crippen LogP contribution in [0.2, 0.25) is 0 Å². The second-order valence-electron chi connectivity index (χ2n) is 8.49. The van der Waals surface area contributed by atoms with Crippen molar-refractivity contribution in [3.05, 3.63) is 124 Å². The van der Waals surface area contributed by atoms with Crippen LogP contribution in [0.25, 0.3) is 0 Å². The van der Waals surface area contributed by atoms with Gasteiger partial charge >= 0.3 is 7.87 Å². The number of nitro benzene ring substituents is 1. The lowest BCUT2D eigenvalue weighted by atomic mass is 10.2. The van der Waals surface area contributed by atoms with Crippen molar-refractivity contribution >= 4 is 36.3 Å². The Hall–Kier alpha value is -4.09. The lowest BCUT2D eigenvalue weighted by Crippen LogP contribution is -2.28. The van der Waals surface area contributed by atoms with Gasteiger partial charge in [-0.1, -0.05) is 65.2 Å². The monoisotopic (exact) mass is 486 g/mol. The fraction of sp³-hybridized carbons (Fsp3) is 0.111. The van der Waals surface area contributed by atoms with E-state index < -0.39 is 7.87 Å². The topological polar surface area (TPSA) is 91.3 Å². The number of rotatable bonds is 9. The molecule has 0 aliphatic rings. The number of para-hydroxylation sites is 2. The van der Waals surface area contributed by atoms with E-state index in [9.17, 15) is 10.1 Å². The maximum Gasteiger partial charge on any atom is 0.395 e. The van der Waals surface area contributed by atoms with Crippen molar-refractivity contribution in [3.8, 4) is 0 Å². The average molecular weight is 487 g/mol. The van der Waals surface area contributed by atoms with Gasteiger partial charge in [0.25, 0.3) is 5.69 Å². The van der Waals surface area contributed by atoms with Crippen LogP contribution in [0.4, 0.5) is 28.4 Å². The molecule has 0 fully saturated rings. The van der Waals surface area contributed by atoms with Gasteiger partial charge in [-0.25, -0.2) is 15.3 Å². The van der Waals surface area contributed by atoms with Crippen LogP contribution in [0, 0.1) is 30.9 Å². The molecular weight excluding hydrogens is 457 g/mol. The highest BCUT2D eigenvalue weighted by atomic mass is 31.2. The Labute approximate surface area is 206 Å². The zero-order valence-electron chi connectivity index (χ0n) is 19.9. The molecule has 0 aliphatic heterocycles. The van der Waals surface area contributed by atoms with Crippen LogP contribution in [-0.4, -0.2) is 4.92 Å². The Morgan fingerprint density at radius 1 is 0.571 bits per heavy atom. The van der Waals surface area contributed by atoms with Crippen molar-refractivity contribution in [2.24, 2.45) is 0 Å². The van der Waals surface area contributed by atoms with Crippen molar-refractivity contribution in [2.75, 3.05) is 20.3 Å². The average Bonchev–Trinajstić information content (AvgIpc) is 2.84. The summed E-state index contributed by atoms with van der Waals surface area (Å²) in [5.41, 5.74) is 6.44. The molecule has 35 heavy (non-hydrogen) atoms. The van der Waals surface area contributed by atoms with E-state index in [0.717, 1.165) is 33.8 Å². The highest BCUT2D eigenvalue weighted by molar-refractivity contribution is 7.81. The first kappa shape index (κ1) is 24.0. The number of nitrogens with zero attached hydrogens (tertiary/aromatic N) is 1. The molecule has 4 rings (SSSR count). The summed E-state index contributed by atoms with van der Waals surface area (Å²) in [6.45, 7) is 6.10. The van der Waals surface area contributed by atoms with Crippen molar-refractivity contribution < 1.29 is 4.92 Å². The summed E-state index contributed by atoms with van der Waals surface area (Å²) in [4.78, 5) is 11.4. The van der Waals surface area contributed by atoms with Crippen LogP contribution >= 0.6 is 7.87 Å². The minimum absolute atomic E-state index is 0.000932. The number of nitro groups is 1. The third kappa shape index (κ3) is 6.28. The maximum absolute atomic E-state index is 11.8. The van der Waals surface area contributed by atoms with Crippen LogP contribution in [0.15, 0.2) is 97.1 Å². The van der Waals surface area contributed by atoms with E-state index in [4.69, 9.17) is 0 Å². The molecule has 178 valence electrons. The van der Waals surface area contributed by atoms with E-state index >= 15 is 0 Å². The van der Waals surface area contributed by atoms with E-state index in [-0.39, 0.29) is 10.6 Å². The zero-order valence-corrected chi connectivity index (χ0v) is 20.8. The number of nitrogens with one attached hydrogen (secondary N) is 4. The molecule has 0 atom stereocenters. The molecule has 0 aliphatic carbocycles. The summed E-state index contributed by atoms with van der Waals surface area (Å²) in [5, 5.41) is 26.1. The van der Waals surface area contributed by atoms with E-state index in [2.05, 4.69) is 20.3 Å². The van der Waals surface area contributed by atoms with Gasteiger partial charge in [-0.2, -0.15) is 5.09 Å². The van der Waals surface area contributed by atoms with Crippen LogP contribution in [-0.2, 0) is 0 Å². The third-order valence-corrected chi connectivity index (χ3v) is 7.79. The Balaban J connectivity index is 1.83. The van der Waals surface area contributed by atoms with Gasteiger partial charge in [-0.3, -0.25) is 10.1 Å². The molecule has 4 N–H and O–H groups in total. The second kappa shape index (κ2) is 10.5. The molecule has 0 amide bonds. The van der Waals surface area contributed by atoms with Gasteiger partial charge in [-0.15, -0.1) is 0 Å². The van der Waals surface area contributed by atoms with Crippen molar-refractivity contribution in [3.63, 3.8) is 0 Å². The predicted octanol–water partition coefficient (Wildman–Crippen LogP) is 7.95. The molecule has 4 aromatic carbocycles. The SMILES string of the molecule is Cc1ccc(N[P+](Nc2ccc(C)cc2)(Nc2ccc(C)cc2)Nc2ccccc2[N+](=O)[O-])cc1. The summed E-state index contributed by atoms with van der Waals surface area (Å²) >= 11 is 0. The number of aryl methyl sites for hydroxylation is 3. The Morgan fingerprint density at radius 2 is 0.943 bits per heavy atom. The lowest BCUT2D eigenvalue weighted by Gasteiger charge is -2.29. The molecule has 7 nitrogen and oxygen atoms in total. The van der Waals surface area contributed by atoms with Crippen molar-refractivity contribution in [2.45, 2.75) is 20.8 Å². The molecule has 0 heterocycles. The summed E-state index contributed by atoms with van der Waals surface area (Å²) in [5.74, 6) is 0. The fourth-order valence-electron chi connectivity index (χ4n) is 3.54. The van der Waals surface area contributed by atoms with Crippen molar-refractivity contribution in [1.29, 1.82) is 0 Å². The molecule has 0 saturated heterocycles. The second-order valence-corrected chi connectivity index (χ2v) is 10.7. The summed E-state index contributed by atoms with van der Waals surface area (Å²) in [6.07, 6.45) is 0. The molecule has 0 saturated carbocycles. The number of benzene rings is 4. The minimum Gasteiger partial charge on any atom is -0.258 e. The molecule has 0 spiro atoms. The molecule has 0 radical (unpaired) electrons. The van der Waals surface area contributed by atoms with E-state index in [1.807, 2.05) is 93.6 Å². The van der Waals surface area contributed by atoms with Crippen LogP contribution in [0.5, 0.6) is 0 Å². The van der Waals surface area contributed by atoms with Gasteiger partial charge < -0.3 is 0 Å². The number of anilines is 4. The first-order valence-electron chi connectivity index (χ1n) is 11.3. The Bertz CT molecular complexity index is 1180. The first-order chi connectivity index (χ1) is 16.8.